The van der Waals surface area contributed by atoms with Crippen molar-refractivity contribution in [2.24, 2.45) is 0 Å². The highest BCUT2D eigenvalue weighted by molar-refractivity contribution is 7.96. The summed E-state index contributed by atoms with van der Waals surface area (Å²) in [6, 6.07) is 0. The number of hydrogen-bond acceptors (Lipinski definition) is 3. The molecular formula is C4H11NO2S. The van der Waals surface area contributed by atoms with E-state index in [1.807, 2.05) is 6.26 Å². The molecule has 3 nitrogen and oxygen atoms in total. The third kappa shape index (κ3) is 6.10. The fourth-order valence-electron chi connectivity index (χ4n) is 0.182. The smallest absolute Gasteiger partial charge is 0.124 e. The van der Waals surface area contributed by atoms with Crippen LogP contribution in [0.25, 0.3) is 0 Å². The quantitative estimate of drug-likeness (QED) is 0.216. The molecule has 0 aliphatic rings. The first kappa shape index (κ1) is 8.10. The van der Waals surface area contributed by atoms with Gasteiger partial charge in [0.15, 0.2) is 0 Å². The van der Waals surface area contributed by atoms with Crippen LogP contribution in [0, 0.1) is 0 Å². The maximum Gasteiger partial charge on any atom is 0.124 e. The van der Waals surface area contributed by atoms with Gasteiger partial charge in [0.05, 0.1) is 5.55 Å². The van der Waals surface area contributed by atoms with Crippen molar-refractivity contribution in [1.29, 1.82) is 0 Å². The van der Waals surface area contributed by atoms with Crippen LogP contribution in [0.2, 0.25) is 0 Å². The molecule has 0 saturated heterocycles. The molecule has 0 radical (unpaired) electrons. The zero-order valence-electron chi connectivity index (χ0n) is 4.96. The molecule has 1 unspecified atom stereocenters. The summed E-state index contributed by atoms with van der Waals surface area (Å²) in [6.45, 7) is 1.58. The molecule has 0 spiro atoms. The van der Waals surface area contributed by atoms with Gasteiger partial charge in [-0.2, -0.15) is 16.8 Å². The summed E-state index contributed by atoms with van der Waals surface area (Å²) >= 11 is 1.03. The highest BCUT2D eigenvalue weighted by Gasteiger charge is 1.86. The summed E-state index contributed by atoms with van der Waals surface area (Å²) < 4.78 is 0. The first-order chi connectivity index (χ1) is 3.77. The van der Waals surface area contributed by atoms with E-state index in [1.54, 1.807) is 12.5 Å². The van der Waals surface area contributed by atoms with E-state index in [1.165, 1.54) is 0 Å². The van der Waals surface area contributed by atoms with E-state index < -0.39 is 6.23 Å². The molecule has 0 aromatic rings. The number of nitrogens with one attached hydrogen (secondary N) is 1. The molecular weight excluding hydrogens is 126 g/mol. The highest BCUT2D eigenvalue weighted by atomic mass is 32.1. The van der Waals surface area contributed by atoms with E-state index in [4.69, 9.17) is 5.11 Å². The zero-order valence-corrected chi connectivity index (χ0v) is 5.85. The number of hydrogen-bond donors (Lipinski definition) is 3. The molecule has 0 aromatic heterocycles. The molecule has 0 fully saturated rings. The van der Waals surface area contributed by atoms with Gasteiger partial charge in [-0.25, -0.2) is 0 Å². The summed E-state index contributed by atoms with van der Waals surface area (Å²) in [5, 5.41) is 8.52. The molecule has 50 valence electrons. The minimum Gasteiger partial charge on any atom is -0.377 e. The average molecular weight is 137 g/mol. The zero-order chi connectivity index (χ0) is 6.41. The van der Waals surface area contributed by atoms with Gasteiger partial charge in [-0.1, -0.05) is 0 Å². The third-order valence-corrected chi connectivity index (χ3v) is 0.713. The van der Waals surface area contributed by atoms with Crippen molar-refractivity contribution in [3.05, 3.63) is 0 Å². The number of aliphatic hydroxyl groups excluding tert-OH is 1. The van der Waals surface area contributed by atoms with Gasteiger partial charge in [-0.05, 0) is 13.2 Å². The Bertz CT molecular complexity index is 74.4. The Morgan fingerprint density at radius 3 is 2.88 bits per heavy atom. The Morgan fingerprint density at radius 1 is 1.88 bits per heavy atom. The van der Waals surface area contributed by atoms with Crippen LogP contribution in [0.5, 0.6) is 0 Å². The average Bonchev–Trinajstić information content (AvgIpc) is 1.66. The van der Waals surface area contributed by atoms with Crippen LogP contribution >= 0.6 is 11.4 Å². The Balaban J connectivity index is 2.93. The van der Waals surface area contributed by atoms with Gasteiger partial charge in [0.25, 0.3) is 0 Å². The molecule has 4 heteroatoms. The predicted molar refractivity (Wildman–Crippen MR) is 36.9 cm³/mol. The molecule has 0 aliphatic heterocycles. The van der Waals surface area contributed by atoms with Crippen molar-refractivity contribution in [1.82, 2.24) is 5.48 Å². The minimum atomic E-state index is -0.604. The van der Waals surface area contributed by atoms with E-state index >= 15 is 0 Å². The van der Waals surface area contributed by atoms with Crippen molar-refractivity contribution in [3.63, 3.8) is 0 Å². The molecule has 1 atom stereocenters. The van der Waals surface area contributed by atoms with Crippen LogP contribution in [0.3, 0.4) is 0 Å². The summed E-state index contributed by atoms with van der Waals surface area (Å²) in [5.41, 5.74) is 3.89. The fraction of sp³-hybridized carbons (Fsp3) is 0.750. The van der Waals surface area contributed by atoms with Gasteiger partial charge in [0.2, 0.25) is 0 Å². The molecule has 0 aromatic carbocycles. The van der Waals surface area contributed by atoms with Crippen molar-refractivity contribution < 1.29 is 9.94 Å². The molecule has 0 bridgehead atoms. The first-order valence-corrected chi connectivity index (χ1v) is 3.68. The number of hydroxylamine groups is 1. The lowest BCUT2D eigenvalue weighted by molar-refractivity contribution is 0.0314. The fourth-order valence-corrected chi connectivity index (χ4v) is 0.348. The van der Waals surface area contributed by atoms with Crippen LogP contribution < -0.4 is 5.48 Å². The van der Waals surface area contributed by atoms with E-state index in [2.05, 4.69) is 10.3 Å². The Kier molecular flexibility index (Phi) is 5.31. The monoisotopic (exact) mass is 137 g/mol. The maximum atomic E-state index is 8.52. The second-order valence-electron chi connectivity index (χ2n) is 1.28. The van der Waals surface area contributed by atoms with Crippen molar-refractivity contribution in [2.75, 3.05) is 6.26 Å². The van der Waals surface area contributed by atoms with Crippen molar-refractivity contribution in [2.45, 2.75) is 13.2 Å². The molecule has 0 rings (SSSR count). The molecule has 0 heterocycles. The molecule has 8 heavy (non-hydrogen) atoms. The maximum absolute atomic E-state index is 8.52. The number of aliphatic hydroxyl groups is 1. The largest absolute Gasteiger partial charge is 0.377 e. The van der Waals surface area contributed by atoms with Gasteiger partial charge in [0.1, 0.15) is 6.23 Å². The van der Waals surface area contributed by atoms with Gasteiger partial charge < -0.3 is 5.11 Å². The van der Waals surface area contributed by atoms with Crippen molar-refractivity contribution >= 4 is 16.9 Å². The predicted octanol–water partition coefficient (Wildman–Crippen LogP) is -0.299. The van der Waals surface area contributed by atoms with E-state index in [0.29, 0.717) is 0 Å². The van der Waals surface area contributed by atoms with E-state index in [-0.39, 0.29) is 0 Å². The summed E-state index contributed by atoms with van der Waals surface area (Å²) in [5.74, 6) is 0. The van der Waals surface area contributed by atoms with Gasteiger partial charge in [-0.15, -0.1) is 0 Å². The third-order valence-electron chi connectivity index (χ3n) is 0.397. The van der Waals surface area contributed by atoms with Crippen LogP contribution in [0.4, 0.5) is 0 Å². The summed E-state index contributed by atoms with van der Waals surface area (Å²) in [6.07, 6.45) is 1.32. The Hall–Kier alpha value is 0.1000. The van der Waals surface area contributed by atoms with Crippen LogP contribution in [0.1, 0.15) is 6.92 Å². The highest BCUT2D eigenvalue weighted by Crippen LogP contribution is 1.72. The van der Waals surface area contributed by atoms with E-state index in [9.17, 15) is 0 Å². The second kappa shape index (κ2) is 5.24. The van der Waals surface area contributed by atoms with Crippen LogP contribution in [0.15, 0.2) is 0 Å². The standard InChI is InChI=1S/C4H11NO2S/c1-4(6)5-7-3-8-2/h3-6,8H,1-2H3. The number of rotatable bonds is 3. The Labute approximate surface area is 52.6 Å². The molecule has 0 aliphatic carbocycles. The van der Waals surface area contributed by atoms with Crippen LogP contribution in [-0.4, -0.2) is 23.1 Å². The first-order valence-electron chi connectivity index (χ1n) is 2.27. The SMILES string of the molecule is C/[SH]=C/ONC(C)O. The van der Waals surface area contributed by atoms with Crippen LogP contribution in [-0.2, 0) is 4.84 Å². The lowest BCUT2D eigenvalue weighted by Crippen LogP contribution is -2.24. The molecule has 0 amide bonds. The van der Waals surface area contributed by atoms with Gasteiger partial charge in [0, 0.05) is 0 Å². The minimum absolute atomic E-state index is 0.604. The topological polar surface area (TPSA) is 41.5 Å². The van der Waals surface area contributed by atoms with E-state index in [0.717, 1.165) is 11.4 Å². The molecule has 0 saturated carbocycles. The molecule has 2 N–H and O–H groups in total. The van der Waals surface area contributed by atoms with Gasteiger partial charge in [-0.3, -0.25) is 4.84 Å². The Morgan fingerprint density at radius 2 is 2.50 bits per heavy atom. The number of thiol groups is 1. The van der Waals surface area contributed by atoms with Gasteiger partial charge >= 0.3 is 0 Å². The summed E-state index contributed by atoms with van der Waals surface area (Å²) in [7, 11) is 0. The normalized spacial score (nSPS) is 15.9. The second-order valence-corrected chi connectivity index (χ2v) is 2.00. The van der Waals surface area contributed by atoms with Crippen molar-refractivity contribution in [3.8, 4) is 0 Å². The lowest BCUT2D eigenvalue weighted by Gasteiger charge is -2.01. The summed E-state index contributed by atoms with van der Waals surface area (Å²) in [4.78, 5) is 4.61. The lowest BCUT2D eigenvalue weighted by atomic mass is 10.7.